The average Bonchev–Trinajstić information content (AvgIpc) is 2.81. The molecular formula is C15H17ClN4OS. The average molecular weight is 337 g/mol. The van der Waals surface area contributed by atoms with Gasteiger partial charge in [-0.25, -0.2) is 4.99 Å². The van der Waals surface area contributed by atoms with Gasteiger partial charge in [0.15, 0.2) is 5.11 Å². The highest BCUT2D eigenvalue weighted by Crippen LogP contribution is 2.31. The molecule has 0 unspecified atom stereocenters. The zero-order valence-electron chi connectivity index (χ0n) is 12.0. The third kappa shape index (κ3) is 3.08. The highest BCUT2D eigenvalue weighted by atomic mass is 35.5. The van der Waals surface area contributed by atoms with Crippen molar-refractivity contribution in [2.24, 2.45) is 4.99 Å². The SMILES string of the molecule is O=C(NNC1=NC(=S)NC12CCCCC2)c1ccc(Cl)cc1. The lowest BCUT2D eigenvalue weighted by molar-refractivity contribution is 0.0942. The normalized spacial score (nSPS) is 19.5. The molecule has 0 bridgehead atoms. The quantitative estimate of drug-likeness (QED) is 0.545. The summed E-state index contributed by atoms with van der Waals surface area (Å²) in [4.78, 5) is 16.5. The summed E-state index contributed by atoms with van der Waals surface area (Å²) in [5, 5.41) is 4.36. The predicted molar refractivity (Wildman–Crippen MR) is 91.0 cm³/mol. The third-order valence-electron chi connectivity index (χ3n) is 4.12. The van der Waals surface area contributed by atoms with Gasteiger partial charge in [0.2, 0.25) is 0 Å². The second-order valence-electron chi connectivity index (χ2n) is 5.62. The van der Waals surface area contributed by atoms with Crippen LogP contribution in [0.4, 0.5) is 0 Å². The number of hydrogen-bond acceptors (Lipinski definition) is 3. The maximum atomic E-state index is 12.1. The molecule has 0 radical (unpaired) electrons. The number of benzene rings is 1. The van der Waals surface area contributed by atoms with E-state index in [1.165, 1.54) is 6.42 Å². The predicted octanol–water partition coefficient (Wildman–Crippen LogP) is 2.56. The van der Waals surface area contributed by atoms with Gasteiger partial charge in [-0.2, -0.15) is 0 Å². The van der Waals surface area contributed by atoms with E-state index in [-0.39, 0.29) is 11.4 Å². The van der Waals surface area contributed by atoms with E-state index in [1.807, 2.05) is 0 Å². The molecule has 3 rings (SSSR count). The van der Waals surface area contributed by atoms with E-state index in [2.05, 4.69) is 21.2 Å². The highest BCUT2D eigenvalue weighted by molar-refractivity contribution is 7.80. The van der Waals surface area contributed by atoms with Crippen LogP contribution in [-0.2, 0) is 0 Å². The number of nitrogens with one attached hydrogen (secondary N) is 3. The van der Waals surface area contributed by atoms with E-state index >= 15 is 0 Å². The third-order valence-corrected chi connectivity index (χ3v) is 4.57. The highest BCUT2D eigenvalue weighted by Gasteiger charge is 2.42. The van der Waals surface area contributed by atoms with Gasteiger partial charge < -0.3 is 5.32 Å². The van der Waals surface area contributed by atoms with Crippen LogP contribution in [0.5, 0.6) is 0 Å². The lowest BCUT2D eigenvalue weighted by Crippen LogP contribution is -2.57. The molecule has 3 N–H and O–H groups in total. The number of amidine groups is 1. The number of hydrazine groups is 1. The molecule has 1 spiro atoms. The Morgan fingerprint density at radius 2 is 1.91 bits per heavy atom. The van der Waals surface area contributed by atoms with Crippen LogP contribution in [0.1, 0.15) is 42.5 Å². The van der Waals surface area contributed by atoms with Crippen molar-refractivity contribution >= 4 is 40.7 Å². The van der Waals surface area contributed by atoms with E-state index in [0.29, 0.717) is 21.5 Å². The zero-order valence-corrected chi connectivity index (χ0v) is 13.6. The molecule has 1 fully saturated rings. The first kappa shape index (κ1) is 15.2. The van der Waals surface area contributed by atoms with Gasteiger partial charge in [-0.15, -0.1) is 0 Å². The van der Waals surface area contributed by atoms with Gasteiger partial charge in [0, 0.05) is 10.6 Å². The minimum atomic E-state index is -0.247. The van der Waals surface area contributed by atoms with E-state index in [0.717, 1.165) is 25.7 Å². The minimum Gasteiger partial charge on any atom is -0.348 e. The summed E-state index contributed by atoms with van der Waals surface area (Å²) in [5.74, 6) is 0.475. The summed E-state index contributed by atoms with van der Waals surface area (Å²) in [6, 6.07) is 6.72. The number of rotatable bonds is 1. The van der Waals surface area contributed by atoms with E-state index in [1.54, 1.807) is 24.3 Å². The van der Waals surface area contributed by atoms with Gasteiger partial charge >= 0.3 is 0 Å². The van der Waals surface area contributed by atoms with Gasteiger partial charge in [-0.3, -0.25) is 15.6 Å². The number of aliphatic imine (C=N–C) groups is 1. The van der Waals surface area contributed by atoms with E-state index in [9.17, 15) is 4.79 Å². The number of nitrogens with zero attached hydrogens (tertiary/aromatic N) is 1. The van der Waals surface area contributed by atoms with Gasteiger partial charge in [0.05, 0.1) is 5.54 Å². The lowest BCUT2D eigenvalue weighted by atomic mass is 9.81. The molecule has 2 aliphatic rings. The van der Waals surface area contributed by atoms with Gasteiger partial charge in [-0.1, -0.05) is 30.9 Å². The molecule has 1 aromatic rings. The summed E-state index contributed by atoms with van der Waals surface area (Å²) in [5.41, 5.74) is 5.93. The lowest BCUT2D eigenvalue weighted by Gasteiger charge is -2.34. The molecule has 5 nitrogen and oxygen atoms in total. The van der Waals surface area contributed by atoms with E-state index in [4.69, 9.17) is 23.8 Å². The van der Waals surface area contributed by atoms with Gasteiger partial charge in [0.1, 0.15) is 5.84 Å². The summed E-state index contributed by atoms with van der Waals surface area (Å²) < 4.78 is 0. The molecular weight excluding hydrogens is 320 g/mol. The molecule has 1 aliphatic carbocycles. The Labute approximate surface area is 139 Å². The van der Waals surface area contributed by atoms with Crippen LogP contribution in [-0.4, -0.2) is 22.4 Å². The molecule has 1 aromatic carbocycles. The smallest absolute Gasteiger partial charge is 0.269 e. The van der Waals surface area contributed by atoms with Crippen molar-refractivity contribution in [3.63, 3.8) is 0 Å². The van der Waals surface area contributed by atoms with Crippen molar-refractivity contribution in [2.45, 2.75) is 37.6 Å². The Bertz CT molecular complexity index is 623. The van der Waals surface area contributed by atoms with Crippen LogP contribution in [0.3, 0.4) is 0 Å². The monoisotopic (exact) mass is 336 g/mol. The summed E-state index contributed by atoms with van der Waals surface area (Å²) in [6.07, 6.45) is 5.41. The summed E-state index contributed by atoms with van der Waals surface area (Å²) in [7, 11) is 0. The number of hydrogen-bond donors (Lipinski definition) is 3. The molecule has 7 heteroatoms. The van der Waals surface area contributed by atoms with Crippen LogP contribution in [0.2, 0.25) is 5.02 Å². The fourth-order valence-corrected chi connectivity index (χ4v) is 3.37. The van der Waals surface area contributed by atoms with Gasteiger partial charge in [0.25, 0.3) is 5.91 Å². The van der Waals surface area contributed by atoms with Crippen molar-refractivity contribution in [3.8, 4) is 0 Å². The van der Waals surface area contributed by atoms with Crippen LogP contribution in [0.15, 0.2) is 29.3 Å². The van der Waals surface area contributed by atoms with Crippen molar-refractivity contribution in [2.75, 3.05) is 0 Å². The van der Waals surface area contributed by atoms with Crippen LogP contribution >= 0.6 is 23.8 Å². The first-order chi connectivity index (χ1) is 10.6. The largest absolute Gasteiger partial charge is 0.348 e. The van der Waals surface area contributed by atoms with Crippen LogP contribution < -0.4 is 16.2 Å². The summed E-state index contributed by atoms with van der Waals surface area (Å²) >= 11 is 11.0. The number of halogens is 1. The fourth-order valence-electron chi connectivity index (χ4n) is 2.95. The molecule has 1 saturated carbocycles. The maximum Gasteiger partial charge on any atom is 0.269 e. The number of amides is 1. The molecule has 0 aromatic heterocycles. The fraction of sp³-hybridized carbons (Fsp3) is 0.400. The first-order valence-corrected chi connectivity index (χ1v) is 8.11. The molecule has 116 valence electrons. The number of carbonyl (C=O) groups is 1. The Morgan fingerprint density at radius 1 is 1.23 bits per heavy atom. The second-order valence-corrected chi connectivity index (χ2v) is 6.44. The number of carbonyl (C=O) groups excluding carboxylic acids is 1. The van der Waals surface area contributed by atoms with Crippen molar-refractivity contribution in [3.05, 3.63) is 34.9 Å². The van der Waals surface area contributed by atoms with Crippen LogP contribution in [0.25, 0.3) is 0 Å². The van der Waals surface area contributed by atoms with Crippen LogP contribution in [0, 0.1) is 0 Å². The standard InChI is InChI=1S/C15H17ClN4OS/c16-11-6-4-10(5-7-11)12(21)19-20-13-15(18-14(22)17-13)8-2-1-3-9-15/h4-7H,1-3,8-9H2,(H,19,21)(H2,17,18,20,22). The van der Waals surface area contributed by atoms with Crippen molar-refractivity contribution < 1.29 is 4.79 Å². The molecule has 0 atom stereocenters. The first-order valence-electron chi connectivity index (χ1n) is 7.32. The van der Waals surface area contributed by atoms with E-state index < -0.39 is 0 Å². The second kappa shape index (κ2) is 6.22. The Kier molecular flexibility index (Phi) is 4.31. The maximum absolute atomic E-state index is 12.1. The topological polar surface area (TPSA) is 65.5 Å². The molecule has 1 heterocycles. The minimum absolute atomic E-state index is 0.233. The Morgan fingerprint density at radius 3 is 2.59 bits per heavy atom. The zero-order chi connectivity index (χ0) is 15.6. The molecule has 0 saturated heterocycles. The summed E-state index contributed by atoms with van der Waals surface area (Å²) in [6.45, 7) is 0. The Balaban J connectivity index is 1.67. The molecule has 1 amide bonds. The number of thiocarbonyl (C=S) groups is 1. The Hall–Kier alpha value is -1.66. The van der Waals surface area contributed by atoms with Gasteiger partial charge in [-0.05, 0) is 49.3 Å². The molecule has 1 aliphatic heterocycles. The van der Waals surface area contributed by atoms with Crippen molar-refractivity contribution in [1.82, 2.24) is 16.2 Å². The van der Waals surface area contributed by atoms with Crippen molar-refractivity contribution in [1.29, 1.82) is 0 Å². The molecule has 22 heavy (non-hydrogen) atoms.